The van der Waals surface area contributed by atoms with Crippen molar-refractivity contribution in [2.45, 2.75) is 99.0 Å². The molecule has 286 valence electrons. The minimum absolute atomic E-state index is 0.0285. The number of ether oxygens (including phenoxy) is 6. The molecule has 0 spiro atoms. The molecule has 15 unspecified atom stereocenters. The molecule has 3 aromatic rings. The molecule has 52 heavy (non-hydrogen) atoms. The Balaban J connectivity index is 1.24. The van der Waals surface area contributed by atoms with Crippen molar-refractivity contribution < 1.29 is 89.0 Å². The van der Waals surface area contributed by atoms with Gasteiger partial charge in [0, 0.05) is 23.8 Å². The molecule has 11 N–H and O–H groups in total. The maximum absolute atomic E-state index is 13.1. The number of fused-ring (bicyclic) bond motifs is 1. The Labute approximate surface area is 293 Å². The van der Waals surface area contributed by atoms with Gasteiger partial charge in [-0.3, -0.25) is 4.79 Å². The van der Waals surface area contributed by atoms with Crippen LogP contribution >= 0.6 is 0 Å². The van der Waals surface area contributed by atoms with E-state index in [1.807, 2.05) is 0 Å². The Hall–Kier alpha value is -3.51. The molecule has 3 saturated heterocycles. The molecular weight excluding hydrogens is 700 g/mol. The van der Waals surface area contributed by atoms with Crippen molar-refractivity contribution in [2.24, 2.45) is 0 Å². The van der Waals surface area contributed by atoms with Gasteiger partial charge in [0.1, 0.15) is 95.0 Å². The monoisotopic (exact) mass is 740 g/mol. The van der Waals surface area contributed by atoms with Crippen LogP contribution in [0.2, 0.25) is 0 Å². The molecule has 15 atom stereocenters. The van der Waals surface area contributed by atoms with Crippen LogP contribution in [0.3, 0.4) is 0 Å². The number of aliphatic hydroxyl groups is 10. The van der Waals surface area contributed by atoms with Crippen LogP contribution in [0.5, 0.6) is 17.2 Å². The van der Waals surface area contributed by atoms with E-state index in [-0.39, 0.29) is 28.2 Å². The summed E-state index contributed by atoms with van der Waals surface area (Å²) in [5, 5.41) is 112. The highest BCUT2D eigenvalue weighted by atomic mass is 16.8. The Morgan fingerprint density at radius 1 is 0.635 bits per heavy atom. The number of rotatable bonds is 9. The molecule has 3 aliphatic rings. The van der Waals surface area contributed by atoms with Gasteiger partial charge in [-0.15, -0.1) is 0 Å². The van der Waals surface area contributed by atoms with Gasteiger partial charge in [-0.05, 0) is 31.2 Å². The molecule has 0 radical (unpaired) electrons. The molecule has 19 heteroatoms. The SMILES string of the molecule is CC1OC(OC2C(Oc3cc(O)c4c(=O)cc(-c5ccc(OC6OC(CO)C(O)C(O)C6O)cc5)oc4c3)OC(CO)C(O)C2O)C(O)C(O)C1O. The normalized spacial score (nSPS) is 38.2. The van der Waals surface area contributed by atoms with Crippen molar-refractivity contribution in [3.05, 3.63) is 52.7 Å². The number of phenols is 1. The van der Waals surface area contributed by atoms with E-state index in [0.717, 1.165) is 12.1 Å². The summed E-state index contributed by atoms with van der Waals surface area (Å²) in [7, 11) is 0. The molecular formula is C33H40O19. The Bertz CT molecular complexity index is 1730. The number of hydrogen-bond donors (Lipinski definition) is 11. The zero-order valence-electron chi connectivity index (χ0n) is 27.3. The third kappa shape index (κ3) is 7.34. The summed E-state index contributed by atoms with van der Waals surface area (Å²) >= 11 is 0. The van der Waals surface area contributed by atoms with Crippen molar-refractivity contribution in [1.82, 2.24) is 0 Å². The minimum Gasteiger partial charge on any atom is -0.507 e. The fourth-order valence-corrected chi connectivity index (χ4v) is 6.16. The third-order valence-electron chi connectivity index (χ3n) is 9.20. The van der Waals surface area contributed by atoms with Gasteiger partial charge < -0.3 is 89.0 Å². The van der Waals surface area contributed by atoms with E-state index in [9.17, 15) is 61.0 Å². The highest BCUT2D eigenvalue weighted by Gasteiger charge is 2.51. The van der Waals surface area contributed by atoms with E-state index in [2.05, 4.69) is 0 Å². The fourth-order valence-electron chi connectivity index (χ4n) is 6.16. The predicted octanol–water partition coefficient (Wildman–Crippen LogP) is -3.63. The van der Waals surface area contributed by atoms with Gasteiger partial charge in [0.2, 0.25) is 12.6 Å². The molecule has 0 bridgehead atoms. The van der Waals surface area contributed by atoms with Crippen LogP contribution in [0.1, 0.15) is 6.92 Å². The van der Waals surface area contributed by atoms with Crippen LogP contribution in [0.15, 0.2) is 51.7 Å². The Morgan fingerprint density at radius 2 is 1.21 bits per heavy atom. The predicted molar refractivity (Wildman–Crippen MR) is 170 cm³/mol. The summed E-state index contributed by atoms with van der Waals surface area (Å²) in [6.45, 7) is 0.00276. The van der Waals surface area contributed by atoms with E-state index in [0.29, 0.717) is 5.56 Å². The molecule has 6 rings (SSSR count). The van der Waals surface area contributed by atoms with Crippen LogP contribution in [-0.4, -0.2) is 162 Å². The van der Waals surface area contributed by atoms with Crippen LogP contribution in [0.25, 0.3) is 22.3 Å². The third-order valence-corrected chi connectivity index (χ3v) is 9.20. The molecule has 19 nitrogen and oxygen atoms in total. The molecule has 4 heterocycles. The molecule has 2 aromatic carbocycles. The molecule has 3 fully saturated rings. The highest BCUT2D eigenvalue weighted by molar-refractivity contribution is 5.86. The molecule has 3 aliphatic heterocycles. The first-order valence-electron chi connectivity index (χ1n) is 16.2. The van der Waals surface area contributed by atoms with E-state index in [1.165, 1.54) is 37.3 Å². The molecule has 0 saturated carbocycles. The maximum Gasteiger partial charge on any atom is 0.229 e. The van der Waals surface area contributed by atoms with Gasteiger partial charge in [0.25, 0.3) is 0 Å². The summed E-state index contributed by atoms with van der Waals surface area (Å²) in [5.41, 5.74) is -0.455. The first-order valence-corrected chi connectivity index (χ1v) is 16.2. The standard InChI is InChI=1S/C33H40O19/c1-11-22(38)25(41)28(44)31(46-11)52-30-27(43)24(40)20(10-35)51-33(30)48-14-6-15(36)21-16(37)8-17(49-18(21)7-14)12-2-4-13(5-3-12)47-32-29(45)26(42)23(39)19(9-34)50-32/h2-8,11,19-20,22-36,38-45H,9-10H2,1H3. The lowest BCUT2D eigenvalue weighted by molar-refractivity contribution is -0.354. The first kappa shape index (κ1) is 38.2. The topological polar surface area (TPSA) is 308 Å². The second-order valence-electron chi connectivity index (χ2n) is 12.7. The first-order chi connectivity index (χ1) is 24.7. The second-order valence-corrected chi connectivity index (χ2v) is 12.7. The van der Waals surface area contributed by atoms with Crippen LogP contribution in [-0.2, 0) is 18.9 Å². The zero-order chi connectivity index (χ0) is 37.6. The number of phenolic OH excluding ortho intramolecular Hbond substituents is 1. The van der Waals surface area contributed by atoms with Gasteiger partial charge in [-0.2, -0.15) is 0 Å². The van der Waals surface area contributed by atoms with Gasteiger partial charge >= 0.3 is 0 Å². The number of hydrogen-bond acceptors (Lipinski definition) is 19. The van der Waals surface area contributed by atoms with Gasteiger partial charge in [0.05, 0.1) is 19.3 Å². The molecule has 0 aliphatic carbocycles. The lowest BCUT2D eigenvalue weighted by Gasteiger charge is -2.45. The van der Waals surface area contributed by atoms with Gasteiger partial charge in [-0.1, -0.05) is 0 Å². The average molecular weight is 741 g/mol. The van der Waals surface area contributed by atoms with Crippen molar-refractivity contribution in [3.8, 4) is 28.6 Å². The largest absolute Gasteiger partial charge is 0.507 e. The van der Waals surface area contributed by atoms with E-state index in [1.54, 1.807) is 0 Å². The lowest BCUT2D eigenvalue weighted by Crippen LogP contribution is -2.64. The van der Waals surface area contributed by atoms with Crippen molar-refractivity contribution in [2.75, 3.05) is 13.2 Å². The maximum atomic E-state index is 13.1. The van der Waals surface area contributed by atoms with Crippen LogP contribution in [0.4, 0.5) is 0 Å². The number of aliphatic hydroxyl groups excluding tert-OH is 10. The lowest BCUT2D eigenvalue weighted by atomic mass is 9.97. The molecule has 0 amide bonds. The zero-order valence-corrected chi connectivity index (χ0v) is 27.3. The fraction of sp³-hybridized carbons (Fsp3) is 0.545. The van der Waals surface area contributed by atoms with Crippen molar-refractivity contribution in [1.29, 1.82) is 0 Å². The van der Waals surface area contributed by atoms with Crippen molar-refractivity contribution in [3.63, 3.8) is 0 Å². The summed E-state index contributed by atoms with van der Waals surface area (Å²) in [6.07, 6.45) is -23.2. The Morgan fingerprint density at radius 3 is 1.87 bits per heavy atom. The number of benzene rings is 2. The molecule has 1 aromatic heterocycles. The van der Waals surface area contributed by atoms with Crippen LogP contribution in [0, 0.1) is 0 Å². The average Bonchev–Trinajstić information content (AvgIpc) is 3.12. The Kier molecular flexibility index (Phi) is 11.4. The minimum atomic E-state index is -1.81. The summed E-state index contributed by atoms with van der Waals surface area (Å²) in [5.74, 6) is -0.587. The number of aromatic hydroxyl groups is 1. The van der Waals surface area contributed by atoms with E-state index >= 15 is 0 Å². The van der Waals surface area contributed by atoms with Gasteiger partial charge in [0.15, 0.2) is 17.8 Å². The quantitative estimate of drug-likeness (QED) is 0.101. The van der Waals surface area contributed by atoms with Crippen LogP contribution < -0.4 is 14.9 Å². The summed E-state index contributed by atoms with van der Waals surface area (Å²) in [6, 6.07) is 9.23. The van der Waals surface area contributed by atoms with Crippen molar-refractivity contribution >= 4 is 11.0 Å². The van der Waals surface area contributed by atoms with E-state index < -0.39 is 117 Å². The summed E-state index contributed by atoms with van der Waals surface area (Å²) in [4.78, 5) is 13.1. The summed E-state index contributed by atoms with van der Waals surface area (Å²) < 4.78 is 39.6. The highest BCUT2D eigenvalue weighted by Crippen LogP contribution is 2.35. The van der Waals surface area contributed by atoms with Gasteiger partial charge in [-0.25, -0.2) is 0 Å². The van der Waals surface area contributed by atoms with E-state index in [4.69, 9.17) is 32.8 Å². The second kappa shape index (κ2) is 15.5. The smallest absolute Gasteiger partial charge is 0.229 e.